The van der Waals surface area contributed by atoms with Crippen molar-refractivity contribution in [3.63, 3.8) is 0 Å². The lowest BCUT2D eigenvalue weighted by molar-refractivity contribution is 0.498. The van der Waals surface area contributed by atoms with Gasteiger partial charge in [-0.05, 0) is 43.9 Å². The van der Waals surface area contributed by atoms with Gasteiger partial charge in [0, 0.05) is 42.4 Å². The molecule has 0 radical (unpaired) electrons. The highest BCUT2D eigenvalue weighted by Gasteiger charge is 2.25. The molecule has 2 N–H and O–H groups in total. The van der Waals surface area contributed by atoms with Gasteiger partial charge in [-0.2, -0.15) is 0 Å². The van der Waals surface area contributed by atoms with E-state index in [4.69, 9.17) is 17.3 Å². The molecule has 2 aromatic heterocycles. The van der Waals surface area contributed by atoms with Crippen LogP contribution >= 0.6 is 0 Å². The van der Waals surface area contributed by atoms with Crippen molar-refractivity contribution in [3.8, 4) is 17.1 Å². The lowest BCUT2D eigenvalue weighted by atomic mass is 10.1. The first-order valence-electron chi connectivity index (χ1n) is 10.8. The minimum atomic E-state index is -0.644. The Kier molecular flexibility index (Phi) is 5.19. The van der Waals surface area contributed by atoms with Crippen molar-refractivity contribution in [3.05, 3.63) is 75.9 Å². The summed E-state index contributed by atoms with van der Waals surface area (Å²) in [6.07, 6.45) is 5.59. The minimum Gasteiger partial charge on any atom is -0.356 e. The maximum absolute atomic E-state index is 14.5. The highest BCUT2D eigenvalue weighted by molar-refractivity contribution is 5.64. The summed E-state index contributed by atoms with van der Waals surface area (Å²) in [5, 5.41) is 0. The summed E-state index contributed by atoms with van der Waals surface area (Å²) in [6, 6.07) is 9.75. The predicted octanol–water partition coefficient (Wildman–Crippen LogP) is 3.79. The second-order valence-corrected chi connectivity index (χ2v) is 8.43. The van der Waals surface area contributed by atoms with Crippen LogP contribution in [0, 0.1) is 12.4 Å². The van der Waals surface area contributed by atoms with Crippen molar-refractivity contribution < 1.29 is 4.39 Å². The fourth-order valence-electron chi connectivity index (χ4n) is 4.09. The van der Waals surface area contributed by atoms with Gasteiger partial charge in [0.25, 0.3) is 5.56 Å². The van der Waals surface area contributed by atoms with Crippen LogP contribution in [0.3, 0.4) is 0 Å². The largest absolute Gasteiger partial charge is 0.356 e. The molecular weight excluding hydrogens is 407 g/mol. The molecule has 1 saturated heterocycles. The van der Waals surface area contributed by atoms with Crippen LogP contribution in [-0.4, -0.2) is 33.7 Å². The molecular formula is C24H23FN6O. The molecule has 0 bridgehead atoms. The Hall–Kier alpha value is -3.57. The van der Waals surface area contributed by atoms with Gasteiger partial charge in [-0.25, -0.2) is 14.2 Å². The van der Waals surface area contributed by atoms with E-state index < -0.39 is 5.82 Å². The number of halogens is 1. The predicted molar refractivity (Wildman–Crippen MR) is 121 cm³/mol. The molecule has 3 heterocycles. The third-order valence-corrected chi connectivity index (χ3v) is 6.12. The number of piperidine rings is 1. The van der Waals surface area contributed by atoms with E-state index in [1.54, 1.807) is 12.3 Å². The van der Waals surface area contributed by atoms with Crippen LogP contribution in [0.1, 0.15) is 37.3 Å². The number of rotatable bonds is 4. The number of anilines is 1. The standard InChI is InChI=1S/C24H23FN6O/c1-27-21-6-4-16(12-19(21)25)24-29-22(30-10-8-17(26)9-11-30)13-23(32)31(24)18-5-7-20(28-14-18)15-2-3-15/h4-7,12-15,17H,2-3,8-11,26H2. The molecule has 7 nitrogen and oxygen atoms in total. The van der Waals surface area contributed by atoms with Crippen LogP contribution in [0.5, 0.6) is 0 Å². The molecule has 5 rings (SSSR count). The van der Waals surface area contributed by atoms with E-state index in [0.717, 1.165) is 31.4 Å². The fraction of sp³-hybridized carbons (Fsp3) is 0.333. The van der Waals surface area contributed by atoms with Crippen LogP contribution in [0.2, 0.25) is 0 Å². The van der Waals surface area contributed by atoms with E-state index >= 15 is 0 Å². The van der Waals surface area contributed by atoms with Crippen LogP contribution in [0.15, 0.2) is 47.4 Å². The number of aromatic nitrogens is 3. The quantitative estimate of drug-likeness (QED) is 0.637. The Morgan fingerprint density at radius 1 is 1.09 bits per heavy atom. The molecule has 0 unspecified atom stereocenters. The molecule has 1 aliphatic carbocycles. The van der Waals surface area contributed by atoms with Crippen LogP contribution in [0.4, 0.5) is 15.9 Å². The molecule has 1 saturated carbocycles. The lowest BCUT2D eigenvalue weighted by Crippen LogP contribution is -2.40. The molecule has 1 aromatic carbocycles. The summed E-state index contributed by atoms with van der Waals surface area (Å²) in [5.41, 5.74) is 7.70. The van der Waals surface area contributed by atoms with Crippen molar-refractivity contribution in [2.75, 3.05) is 18.0 Å². The lowest BCUT2D eigenvalue weighted by Gasteiger charge is -2.31. The Bertz CT molecular complexity index is 1250. The maximum Gasteiger partial charge on any atom is 0.260 e. The van der Waals surface area contributed by atoms with Gasteiger partial charge in [0.05, 0.1) is 18.5 Å². The van der Waals surface area contributed by atoms with Gasteiger partial charge in [0.1, 0.15) is 17.5 Å². The molecule has 0 spiro atoms. The van der Waals surface area contributed by atoms with Crippen molar-refractivity contribution in [2.45, 2.75) is 37.6 Å². The number of nitrogens with two attached hydrogens (primary N) is 1. The second-order valence-electron chi connectivity index (χ2n) is 8.43. The Balaban J connectivity index is 1.63. The summed E-state index contributed by atoms with van der Waals surface area (Å²) in [7, 11) is 0. The highest BCUT2D eigenvalue weighted by atomic mass is 19.1. The third-order valence-electron chi connectivity index (χ3n) is 6.12. The first kappa shape index (κ1) is 20.3. The van der Waals surface area contributed by atoms with E-state index in [-0.39, 0.29) is 17.3 Å². The zero-order chi connectivity index (χ0) is 22.2. The molecule has 162 valence electrons. The van der Waals surface area contributed by atoms with E-state index in [1.165, 1.54) is 22.8 Å². The van der Waals surface area contributed by atoms with E-state index in [1.807, 2.05) is 17.0 Å². The Labute approximate surface area is 185 Å². The molecule has 3 aromatic rings. The second kappa shape index (κ2) is 8.17. The van der Waals surface area contributed by atoms with Gasteiger partial charge in [-0.1, -0.05) is 12.1 Å². The van der Waals surface area contributed by atoms with E-state index in [0.29, 0.717) is 41.9 Å². The van der Waals surface area contributed by atoms with Gasteiger partial charge < -0.3 is 10.6 Å². The van der Waals surface area contributed by atoms with E-state index in [9.17, 15) is 9.18 Å². The van der Waals surface area contributed by atoms with Crippen LogP contribution < -0.4 is 16.2 Å². The molecule has 1 aliphatic heterocycles. The summed E-state index contributed by atoms with van der Waals surface area (Å²) in [5.74, 6) is 0.723. The smallest absolute Gasteiger partial charge is 0.260 e. The number of benzene rings is 1. The van der Waals surface area contributed by atoms with Crippen LogP contribution in [-0.2, 0) is 0 Å². The zero-order valence-corrected chi connectivity index (χ0v) is 17.5. The average Bonchev–Trinajstić information content (AvgIpc) is 3.65. The average molecular weight is 430 g/mol. The maximum atomic E-state index is 14.5. The fourth-order valence-corrected chi connectivity index (χ4v) is 4.09. The first-order chi connectivity index (χ1) is 15.5. The number of hydrogen-bond donors (Lipinski definition) is 1. The number of nitrogens with zero attached hydrogens (tertiary/aromatic N) is 5. The molecule has 32 heavy (non-hydrogen) atoms. The molecule has 0 atom stereocenters. The monoisotopic (exact) mass is 430 g/mol. The minimum absolute atomic E-state index is 0.0701. The van der Waals surface area contributed by atoms with Crippen molar-refractivity contribution >= 4 is 11.5 Å². The van der Waals surface area contributed by atoms with Gasteiger partial charge >= 0.3 is 0 Å². The number of pyridine rings is 1. The van der Waals surface area contributed by atoms with Gasteiger partial charge in [-0.3, -0.25) is 14.3 Å². The summed E-state index contributed by atoms with van der Waals surface area (Å²) in [4.78, 5) is 27.8. The molecule has 8 heteroatoms. The van der Waals surface area contributed by atoms with Crippen molar-refractivity contribution in [1.82, 2.24) is 14.5 Å². The topological polar surface area (TPSA) is 81.4 Å². The van der Waals surface area contributed by atoms with Crippen molar-refractivity contribution in [2.24, 2.45) is 5.73 Å². The van der Waals surface area contributed by atoms with Gasteiger partial charge in [-0.15, -0.1) is 0 Å². The summed E-state index contributed by atoms with van der Waals surface area (Å²) in [6.45, 7) is 8.52. The Morgan fingerprint density at radius 2 is 1.88 bits per heavy atom. The third kappa shape index (κ3) is 3.87. The van der Waals surface area contributed by atoms with E-state index in [2.05, 4.69) is 9.83 Å². The molecule has 0 amide bonds. The van der Waals surface area contributed by atoms with Gasteiger partial charge in [0.15, 0.2) is 0 Å². The zero-order valence-electron chi connectivity index (χ0n) is 17.5. The SMILES string of the molecule is [C-]#[N+]c1ccc(-c2nc(N3CCC(N)CC3)cc(=O)n2-c2ccc(C3CC3)nc2)cc1F. The van der Waals surface area contributed by atoms with Crippen molar-refractivity contribution in [1.29, 1.82) is 0 Å². The normalized spacial score (nSPS) is 16.7. The first-order valence-corrected chi connectivity index (χ1v) is 10.8. The highest BCUT2D eigenvalue weighted by Crippen LogP contribution is 2.39. The van der Waals surface area contributed by atoms with Crippen LogP contribution in [0.25, 0.3) is 21.9 Å². The summed E-state index contributed by atoms with van der Waals surface area (Å²) < 4.78 is 15.9. The molecule has 2 aliphatic rings. The number of hydrogen-bond acceptors (Lipinski definition) is 5. The molecule has 2 fully saturated rings. The Morgan fingerprint density at radius 3 is 2.50 bits per heavy atom. The van der Waals surface area contributed by atoms with Gasteiger partial charge in [0.2, 0.25) is 5.69 Å². The summed E-state index contributed by atoms with van der Waals surface area (Å²) >= 11 is 0.